The van der Waals surface area contributed by atoms with E-state index in [0.717, 1.165) is 17.8 Å². The van der Waals surface area contributed by atoms with Crippen molar-refractivity contribution >= 4 is 5.71 Å². The van der Waals surface area contributed by atoms with Gasteiger partial charge in [-0.25, -0.2) is 0 Å². The van der Waals surface area contributed by atoms with Crippen LogP contribution in [0.15, 0.2) is 17.3 Å². The molecule has 0 radical (unpaired) electrons. The van der Waals surface area contributed by atoms with Crippen molar-refractivity contribution in [3.05, 3.63) is 12.3 Å². The predicted molar refractivity (Wildman–Crippen MR) is 83.2 cm³/mol. The van der Waals surface area contributed by atoms with Crippen molar-refractivity contribution in [2.45, 2.75) is 52.9 Å². The van der Waals surface area contributed by atoms with Gasteiger partial charge < -0.3 is 5.73 Å². The Labute approximate surface area is 118 Å². The summed E-state index contributed by atoms with van der Waals surface area (Å²) in [6.45, 7) is 7.80. The van der Waals surface area contributed by atoms with Gasteiger partial charge in [0.05, 0.1) is 0 Å². The molecule has 1 aliphatic heterocycles. The van der Waals surface area contributed by atoms with Crippen molar-refractivity contribution < 1.29 is 0 Å². The van der Waals surface area contributed by atoms with Gasteiger partial charge in [-0.2, -0.15) is 0 Å². The van der Waals surface area contributed by atoms with Crippen LogP contribution in [0.1, 0.15) is 52.9 Å². The maximum absolute atomic E-state index is 5.87. The Bertz CT molecular complexity index is 345. The van der Waals surface area contributed by atoms with Gasteiger partial charge in [0.25, 0.3) is 0 Å². The molecule has 1 saturated carbocycles. The van der Waals surface area contributed by atoms with E-state index in [2.05, 4.69) is 31.8 Å². The second kappa shape index (κ2) is 6.69. The molecule has 1 fully saturated rings. The number of rotatable bonds is 4. The molecule has 0 spiro atoms. The van der Waals surface area contributed by atoms with Crippen LogP contribution >= 0.6 is 0 Å². The van der Waals surface area contributed by atoms with Crippen LogP contribution in [-0.2, 0) is 0 Å². The summed E-state index contributed by atoms with van der Waals surface area (Å²) in [5.74, 6) is 3.91. The third-order valence-corrected chi connectivity index (χ3v) is 5.43. The topological polar surface area (TPSA) is 38.4 Å². The van der Waals surface area contributed by atoms with Gasteiger partial charge >= 0.3 is 0 Å². The highest BCUT2D eigenvalue weighted by Crippen LogP contribution is 2.40. The molecule has 0 bridgehead atoms. The smallest absolute Gasteiger partial charge is 0.0351 e. The van der Waals surface area contributed by atoms with Gasteiger partial charge in [0.1, 0.15) is 0 Å². The lowest BCUT2D eigenvalue weighted by Crippen LogP contribution is -2.30. The van der Waals surface area contributed by atoms with Crippen molar-refractivity contribution in [1.29, 1.82) is 0 Å². The van der Waals surface area contributed by atoms with Crippen LogP contribution in [-0.4, -0.2) is 12.3 Å². The molecular weight excluding hydrogens is 232 g/mol. The molecule has 0 aromatic heterocycles. The minimum Gasteiger partial charge on any atom is -0.325 e. The summed E-state index contributed by atoms with van der Waals surface area (Å²) in [4.78, 5) is 4.51. The summed E-state index contributed by atoms with van der Waals surface area (Å²) in [5, 5.41) is 0. The maximum Gasteiger partial charge on any atom is 0.0351 e. The minimum absolute atomic E-state index is 0.624. The monoisotopic (exact) mass is 262 g/mol. The van der Waals surface area contributed by atoms with E-state index in [0.29, 0.717) is 18.4 Å². The first-order valence-corrected chi connectivity index (χ1v) is 8.09. The largest absolute Gasteiger partial charge is 0.325 e. The maximum atomic E-state index is 5.87. The fourth-order valence-corrected chi connectivity index (χ4v) is 3.89. The van der Waals surface area contributed by atoms with Crippen LogP contribution in [0.25, 0.3) is 0 Å². The highest BCUT2D eigenvalue weighted by atomic mass is 14.8. The second-order valence-electron chi connectivity index (χ2n) is 6.74. The molecule has 2 rings (SSSR count). The number of aliphatic imine (C=N–C) groups is 1. The van der Waals surface area contributed by atoms with Gasteiger partial charge in [0, 0.05) is 24.4 Å². The summed E-state index contributed by atoms with van der Waals surface area (Å²) in [6, 6.07) is 0. The van der Waals surface area contributed by atoms with E-state index >= 15 is 0 Å². The SMILES string of the molecule is CCC(C)CC1CCC2C(CN)=NC=CC2CC1C. The molecule has 5 atom stereocenters. The van der Waals surface area contributed by atoms with Gasteiger partial charge in [0.15, 0.2) is 0 Å². The highest BCUT2D eigenvalue weighted by molar-refractivity contribution is 5.90. The molecule has 2 aliphatic rings. The Hall–Kier alpha value is -0.630. The Balaban J connectivity index is 2.04. The third kappa shape index (κ3) is 3.47. The fourth-order valence-electron chi connectivity index (χ4n) is 3.89. The lowest BCUT2D eigenvalue weighted by Gasteiger charge is -2.27. The molecule has 0 amide bonds. The van der Waals surface area contributed by atoms with E-state index in [1.54, 1.807) is 0 Å². The fraction of sp³-hybridized carbons (Fsp3) is 0.824. The van der Waals surface area contributed by atoms with Crippen LogP contribution in [0.5, 0.6) is 0 Å². The van der Waals surface area contributed by atoms with Crippen molar-refractivity contribution in [3.8, 4) is 0 Å². The van der Waals surface area contributed by atoms with Crippen molar-refractivity contribution in [1.82, 2.24) is 0 Å². The van der Waals surface area contributed by atoms with Gasteiger partial charge in [-0.05, 0) is 49.4 Å². The second-order valence-corrected chi connectivity index (χ2v) is 6.74. The molecule has 1 aliphatic carbocycles. The number of nitrogens with two attached hydrogens (primary N) is 1. The number of fused-ring (bicyclic) bond motifs is 1. The summed E-state index contributed by atoms with van der Waals surface area (Å²) in [5.41, 5.74) is 7.11. The molecule has 5 unspecified atom stereocenters. The van der Waals surface area contributed by atoms with Crippen LogP contribution in [0.4, 0.5) is 0 Å². The number of nitrogens with zero attached hydrogens (tertiary/aromatic N) is 1. The van der Waals surface area contributed by atoms with Crippen molar-refractivity contribution in [2.75, 3.05) is 6.54 Å². The molecule has 2 heteroatoms. The van der Waals surface area contributed by atoms with Crippen molar-refractivity contribution in [3.63, 3.8) is 0 Å². The summed E-state index contributed by atoms with van der Waals surface area (Å²) < 4.78 is 0. The molecule has 1 heterocycles. The minimum atomic E-state index is 0.624. The zero-order chi connectivity index (χ0) is 13.8. The summed E-state index contributed by atoms with van der Waals surface area (Å²) >= 11 is 0. The van der Waals surface area contributed by atoms with E-state index in [1.165, 1.54) is 37.8 Å². The summed E-state index contributed by atoms with van der Waals surface area (Å²) in [6.07, 6.45) is 11.0. The lowest BCUT2D eigenvalue weighted by molar-refractivity contribution is 0.266. The molecule has 0 aromatic carbocycles. The van der Waals surface area contributed by atoms with E-state index in [4.69, 9.17) is 5.73 Å². The predicted octanol–water partition coefficient (Wildman–Crippen LogP) is 4.02. The zero-order valence-electron chi connectivity index (χ0n) is 12.8. The number of hydrogen-bond donors (Lipinski definition) is 1. The average Bonchev–Trinajstić information content (AvgIpc) is 2.58. The number of allylic oxidation sites excluding steroid dienone is 1. The zero-order valence-corrected chi connectivity index (χ0v) is 12.8. The average molecular weight is 262 g/mol. The van der Waals surface area contributed by atoms with E-state index in [-0.39, 0.29) is 0 Å². The van der Waals surface area contributed by atoms with E-state index < -0.39 is 0 Å². The first kappa shape index (κ1) is 14.8. The lowest BCUT2D eigenvalue weighted by atomic mass is 9.80. The standard InChI is InChI=1S/C17H30N2/c1-4-12(2)9-14-5-6-16-15(10-13(14)3)7-8-19-17(16)11-18/h7-8,12-16H,4-6,9-11,18H2,1-3H3. The van der Waals surface area contributed by atoms with Crippen LogP contribution in [0.3, 0.4) is 0 Å². The molecule has 108 valence electrons. The highest BCUT2D eigenvalue weighted by Gasteiger charge is 2.33. The third-order valence-electron chi connectivity index (χ3n) is 5.43. The first-order valence-electron chi connectivity index (χ1n) is 8.09. The van der Waals surface area contributed by atoms with E-state index in [1.807, 2.05) is 6.20 Å². The normalized spacial score (nSPS) is 36.3. The molecule has 2 N–H and O–H groups in total. The molecule has 0 aromatic rings. The van der Waals surface area contributed by atoms with Crippen molar-refractivity contribution in [2.24, 2.45) is 40.3 Å². The van der Waals surface area contributed by atoms with Crippen LogP contribution < -0.4 is 5.73 Å². The Kier molecular flexibility index (Phi) is 5.20. The molecule has 2 nitrogen and oxygen atoms in total. The van der Waals surface area contributed by atoms with Gasteiger partial charge in [-0.3, -0.25) is 4.99 Å². The van der Waals surface area contributed by atoms with Gasteiger partial charge in [0.2, 0.25) is 0 Å². The van der Waals surface area contributed by atoms with Crippen LogP contribution in [0, 0.1) is 29.6 Å². The number of hydrogen-bond acceptors (Lipinski definition) is 2. The van der Waals surface area contributed by atoms with Crippen LogP contribution in [0.2, 0.25) is 0 Å². The van der Waals surface area contributed by atoms with E-state index in [9.17, 15) is 0 Å². The Morgan fingerprint density at radius 1 is 1.42 bits per heavy atom. The quantitative estimate of drug-likeness (QED) is 0.816. The Morgan fingerprint density at radius 2 is 2.21 bits per heavy atom. The van der Waals surface area contributed by atoms with Gasteiger partial charge in [-0.1, -0.05) is 33.3 Å². The molecule has 0 saturated heterocycles. The molecular formula is C17H30N2. The Morgan fingerprint density at radius 3 is 2.89 bits per heavy atom. The summed E-state index contributed by atoms with van der Waals surface area (Å²) in [7, 11) is 0. The molecule has 19 heavy (non-hydrogen) atoms. The first-order chi connectivity index (χ1) is 9.15. The van der Waals surface area contributed by atoms with Gasteiger partial charge in [-0.15, -0.1) is 0 Å².